The molecule has 4 atom stereocenters. The standard InChI is InChI=1S/C21H32N6O6/c1-13(16(29)25-15-9-6-10-27(17(15)30)19(22)23)24-18(31)21(2,12-28)26-20(32)33-11-14-7-4-3-5-8-14/h3-5,7-8,13,15,17,28,30H,6,9-12H2,1-2H3,(H3,22,23)(H,24,31)(H,25,29)(H,26,32)/t13?,15?,17?,21-/m1/s1. The van der Waals surface area contributed by atoms with Crippen LogP contribution in [0.15, 0.2) is 30.3 Å². The fraction of sp³-hybridized carbons (Fsp3) is 0.524. The van der Waals surface area contributed by atoms with E-state index < -0.39 is 48.4 Å². The topological polar surface area (TPSA) is 190 Å². The fourth-order valence-corrected chi connectivity index (χ4v) is 3.27. The van der Waals surface area contributed by atoms with E-state index in [4.69, 9.17) is 15.9 Å². The first-order chi connectivity index (χ1) is 15.6. The number of alkyl carbamates (subject to hydrolysis) is 1. The minimum Gasteiger partial charge on any atom is -0.445 e. The Kier molecular flexibility index (Phi) is 9.00. The summed E-state index contributed by atoms with van der Waals surface area (Å²) in [6.07, 6.45) is -0.982. The molecular formula is C21H32N6O6. The third-order valence-electron chi connectivity index (χ3n) is 5.38. The van der Waals surface area contributed by atoms with Crippen LogP contribution in [0.4, 0.5) is 4.79 Å². The molecule has 2 rings (SSSR count). The second kappa shape index (κ2) is 11.5. The van der Waals surface area contributed by atoms with Crippen molar-refractivity contribution >= 4 is 23.9 Å². The summed E-state index contributed by atoms with van der Waals surface area (Å²) in [5.41, 5.74) is 4.46. The number of benzene rings is 1. The summed E-state index contributed by atoms with van der Waals surface area (Å²) in [6.45, 7) is 2.37. The molecule has 0 bridgehead atoms. The monoisotopic (exact) mass is 464 g/mol. The SMILES string of the molecule is CC(NC(=O)[C@@](C)(CO)NC(=O)OCc1ccccc1)C(=O)NC1CCCN(C(=N)N)C1O. The Labute approximate surface area is 192 Å². The van der Waals surface area contributed by atoms with Crippen molar-refractivity contribution in [3.05, 3.63) is 35.9 Å². The number of nitrogens with one attached hydrogen (secondary N) is 4. The Bertz CT molecular complexity index is 853. The van der Waals surface area contributed by atoms with Crippen LogP contribution < -0.4 is 21.7 Å². The van der Waals surface area contributed by atoms with E-state index in [9.17, 15) is 24.6 Å². The number of guanidine groups is 1. The Balaban J connectivity index is 1.90. The number of nitrogens with zero attached hydrogens (tertiary/aromatic N) is 1. The number of likely N-dealkylation sites (tertiary alicyclic amines) is 1. The van der Waals surface area contributed by atoms with E-state index in [1.165, 1.54) is 18.7 Å². The second-order valence-electron chi connectivity index (χ2n) is 8.12. The number of piperidine rings is 1. The molecule has 1 saturated heterocycles. The molecule has 0 aliphatic carbocycles. The summed E-state index contributed by atoms with van der Waals surface area (Å²) in [5, 5.41) is 34.9. The molecule has 1 aromatic rings. The zero-order valence-electron chi connectivity index (χ0n) is 18.7. The van der Waals surface area contributed by atoms with E-state index in [1.54, 1.807) is 24.3 Å². The minimum atomic E-state index is -1.74. The van der Waals surface area contributed by atoms with Gasteiger partial charge in [0, 0.05) is 6.54 Å². The van der Waals surface area contributed by atoms with Crippen molar-refractivity contribution in [2.75, 3.05) is 13.2 Å². The maximum absolute atomic E-state index is 12.7. The maximum atomic E-state index is 12.7. The molecule has 1 aromatic carbocycles. The van der Waals surface area contributed by atoms with Crippen LogP contribution in [0.2, 0.25) is 0 Å². The smallest absolute Gasteiger partial charge is 0.408 e. The lowest BCUT2D eigenvalue weighted by Gasteiger charge is -2.38. The highest BCUT2D eigenvalue weighted by molar-refractivity contribution is 5.93. The summed E-state index contributed by atoms with van der Waals surface area (Å²) < 4.78 is 5.09. The number of aliphatic hydroxyl groups is 2. The number of amides is 3. The van der Waals surface area contributed by atoms with E-state index in [2.05, 4.69) is 16.0 Å². The average molecular weight is 465 g/mol. The van der Waals surface area contributed by atoms with Crippen LogP contribution in [-0.2, 0) is 20.9 Å². The number of rotatable bonds is 8. The lowest BCUT2D eigenvalue weighted by molar-refractivity contribution is -0.134. The van der Waals surface area contributed by atoms with Crippen LogP contribution in [0, 0.1) is 5.41 Å². The van der Waals surface area contributed by atoms with Crippen molar-refractivity contribution < 1.29 is 29.3 Å². The molecule has 1 aliphatic heterocycles. The Morgan fingerprint density at radius 1 is 1.33 bits per heavy atom. The summed E-state index contributed by atoms with van der Waals surface area (Å²) in [7, 11) is 0. The molecule has 0 radical (unpaired) electrons. The number of aliphatic hydroxyl groups excluding tert-OH is 2. The Morgan fingerprint density at radius 3 is 2.61 bits per heavy atom. The number of hydrogen-bond acceptors (Lipinski definition) is 7. The van der Waals surface area contributed by atoms with Crippen LogP contribution in [0.3, 0.4) is 0 Å². The fourth-order valence-electron chi connectivity index (χ4n) is 3.27. The van der Waals surface area contributed by atoms with E-state index in [1.807, 2.05) is 6.07 Å². The molecule has 12 heteroatoms. The van der Waals surface area contributed by atoms with E-state index in [0.29, 0.717) is 19.4 Å². The van der Waals surface area contributed by atoms with E-state index >= 15 is 0 Å². The quantitative estimate of drug-likeness (QED) is 0.187. The van der Waals surface area contributed by atoms with E-state index in [-0.39, 0.29) is 12.6 Å². The first-order valence-corrected chi connectivity index (χ1v) is 10.6. The number of carbonyl (C=O) groups is 3. The molecular weight excluding hydrogens is 432 g/mol. The molecule has 1 aliphatic rings. The molecule has 1 fully saturated rings. The molecule has 0 saturated carbocycles. The maximum Gasteiger partial charge on any atom is 0.408 e. The predicted molar refractivity (Wildman–Crippen MR) is 119 cm³/mol. The number of ether oxygens (including phenoxy) is 1. The molecule has 1 heterocycles. The van der Waals surface area contributed by atoms with Crippen molar-refractivity contribution in [3.8, 4) is 0 Å². The lowest BCUT2D eigenvalue weighted by atomic mass is 10.0. The third kappa shape index (κ3) is 7.05. The van der Waals surface area contributed by atoms with E-state index in [0.717, 1.165) is 5.56 Å². The molecule has 33 heavy (non-hydrogen) atoms. The zero-order valence-corrected chi connectivity index (χ0v) is 18.7. The zero-order chi connectivity index (χ0) is 24.6. The van der Waals surface area contributed by atoms with Crippen molar-refractivity contribution in [2.45, 2.75) is 57.1 Å². The lowest BCUT2D eigenvalue weighted by Crippen LogP contribution is -2.63. The summed E-state index contributed by atoms with van der Waals surface area (Å²) in [5.74, 6) is -1.67. The normalized spacial score (nSPS) is 20.7. The van der Waals surface area contributed by atoms with Gasteiger partial charge >= 0.3 is 6.09 Å². The highest BCUT2D eigenvalue weighted by Crippen LogP contribution is 2.15. The van der Waals surface area contributed by atoms with Gasteiger partial charge in [-0.05, 0) is 32.3 Å². The first-order valence-electron chi connectivity index (χ1n) is 10.6. The van der Waals surface area contributed by atoms with Gasteiger partial charge in [-0.2, -0.15) is 0 Å². The number of nitrogens with two attached hydrogens (primary N) is 1. The molecule has 0 aromatic heterocycles. The van der Waals surface area contributed by atoms with Gasteiger partial charge in [-0.25, -0.2) is 4.79 Å². The molecule has 3 amide bonds. The van der Waals surface area contributed by atoms with Gasteiger partial charge in [-0.3, -0.25) is 15.0 Å². The summed E-state index contributed by atoms with van der Waals surface area (Å²) >= 11 is 0. The van der Waals surface area contributed by atoms with Crippen molar-refractivity contribution in [2.24, 2.45) is 5.73 Å². The highest BCUT2D eigenvalue weighted by atomic mass is 16.5. The van der Waals surface area contributed by atoms with Crippen LogP contribution >= 0.6 is 0 Å². The van der Waals surface area contributed by atoms with Gasteiger partial charge in [0.05, 0.1) is 12.6 Å². The van der Waals surface area contributed by atoms with Crippen molar-refractivity contribution in [3.63, 3.8) is 0 Å². The molecule has 3 unspecified atom stereocenters. The van der Waals surface area contributed by atoms with Crippen LogP contribution in [0.5, 0.6) is 0 Å². The van der Waals surface area contributed by atoms with Crippen LogP contribution in [0.25, 0.3) is 0 Å². The van der Waals surface area contributed by atoms with Gasteiger partial charge in [0.2, 0.25) is 11.8 Å². The number of carbonyl (C=O) groups excluding carboxylic acids is 3. The Hall–Kier alpha value is -3.38. The van der Waals surface area contributed by atoms with Gasteiger partial charge in [0.25, 0.3) is 0 Å². The van der Waals surface area contributed by atoms with Gasteiger partial charge in [0.15, 0.2) is 5.96 Å². The molecule has 8 N–H and O–H groups in total. The molecule has 182 valence electrons. The Morgan fingerprint density at radius 2 is 2.00 bits per heavy atom. The number of hydrogen-bond donors (Lipinski definition) is 7. The minimum absolute atomic E-state index is 0.0182. The van der Waals surface area contributed by atoms with Gasteiger partial charge in [-0.1, -0.05) is 30.3 Å². The highest BCUT2D eigenvalue weighted by Gasteiger charge is 2.37. The predicted octanol–water partition coefficient (Wildman–Crippen LogP) is -1.04. The van der Waals surface area contributed by atoms with Gasteiger partial charge < -0.3 is 41.5 Å². The van der Waals surface area contributed by atoms with Crippen LogP contribution in [-0.4, -0.2) is 76.0 Å². The van der Waals surface area contributed by atoms with Gasteiger partial charge in [-0.15, -0.1) is 0 Å². The molecule has 0 spiro atoms. The van der Waals surface area contributed by atoms with Crippen molar-refractivity contribution in [1.82, 2.24) is 20.9 Å². The molecule has 12 nitrogen and oxygen atoms in total. The second-order valence-corrected chi connectivity index (χ2v) is 8.12. The van der Waals surface area contributed by atoms with Crippen LogP contribution in [0.1, 0.15) is 32.3 Å². The largest absolute Gasteiger partial charge is 0.445 e. The average Bonchev–Trinajstić information content (AvgIpc) is 2.79. The first kappa shape index (κ1) is 25.9. The summed E-state index contributed by atoms with van der Waals surface area (Å²) in [6, 6.07) is 7.23. The van der Waals surface area contributed by atoms with Crippen molar-refractivity contribution in [1.29, 1.82) is 5.41 Å². The van der Waals surface area contributed by atoms with Gasteiger partial charge in [0.1, 0.15) is 24.4 Å². The third-order valence-corrected chi connectivity index (χ3v) is 5.38. The summed E-state index contributed by atoms with van der Waals surface area (Å²) in [4.78, 5) is 38.7.